The molecule has 0 aliphatic heterocycles. The lowest BCUT2D eigenvalue weighted by atomic mass is 10.2. The summed E-state index contributed by atoms with van der Waals surface area (Å²) in [7, 11) is 1.80. The van der Waals surface area contributed by atoms with Crippen LogP contribution in [0.15, 0.2) is 41.8 Å². The van der Waals surface area contributed by atoms with Crippen molar-refractivity contribution < 1.29 is 4.79 Å². The van der Waals surface area contributed by atoms with Gasteiger partial charge in [0.15, 0.2) is 0 Å². The Balaban J connectivity index is 2.09. The van der Waals surface area contributed by atoms with Gasteiger partial charge in [0.25, 0.3) is 5.91 Å². The summed E-state index contributed by atoms with van der Waals surface area (Å²) in [5, 5.41) is 2.01. The molecule has 1 aromatic heterocycles. The third-order valence-corrected chi connectivity index (χ3v) is 3.31. The molecule has 1 heterocycles. The van der Waals surface area contributed by atoms with E-state index in [1.165, 1.54) is 4.88 Å². The van der Waals surface area contributed by atoms with Crippen LogP contribution in [0.1, 0.15) is 15.2 Å². The Labute approximate surface area is 104 Å². The first kappa shape index (κ1) is 11.7. The number of carbonyl (C=O) groups is 1. The Morgan fingerprint density at radius 1 is 1.35 bits per heavy atom. The summed E-state index contributed by atoms with van der Waals surface area (Å²) in [4.78, 5) is 15.0. The standard InChI is InChI=1S/C13H14N2OS/c1-15(9-12-6-3-7-17-12)13(16)10-4-2-5-11(14)8-10/h2-8H,9,14H2,1H3. The third kappa shape index (κ3) is 2.85. The first-order chi connectivity index (χ1) is 8.16. The number of benzene rings is 1. The van der Waals surface area contributed by atoms with E-state index >= 15 is 0 Å². The van der Waals surface area contributed by atoms with Gasteiger partial charge in [-0.2, -0.15) is 0 Å². The summed E-state index contributed by atoms with van der Waals surface area (Å²) in [6.07, 6.45) is 0. The van der Waals surface area contributed by atoms with Gasteiger partial charge in [-0.3, -0.25) is 4.79 Å². The van der Waals surface area contributed by atoms with Crippen molar-refractivity contribution in [2.75, 3.05) is 12.8 Å². The summed E-state index contributed by atoms with van der Waals surface area (Å²) in [5.74, 6) is -0.00861. The first-order valence-electron chi connectivity index (χ1n) is 5.30. The van der Waals surface area contributed by atoms with Gasteiger partial charge in [-0.1, -0.05) is 12.1 Å². The van der Waals surface area contributed by atoms with E-state index < -0.39 is 0 Å². The summed E-state index contributed by atoms with van der Waals surface area (Å²) in [6.45, 7) is 0.630. The van der Waals surface area contributed by atoms with Crippen LogP contribution < -0.4 is 5.73 Å². The number of hydrogen-bond donors (Lipinski definition) is 1. The van der Waals surface area contributed by atoms with Crippen LogP contribution >= 0.6 is 11.3 Å². The number of anilines is 1. The molecular weight excluding hydrogens is 232 g/mol. The predicted molar refractivity (Wildman–Crippen MR) is 71.0 cm³/mol. The zero-order chi connectivity index (χ0) is 12.3. The van der Waals surface area contributed by atoms with Crippen molar-refractivity contribution in [1.82, 2.24) is 4.90 Å². The Kier molecular flexibility index (Phi) is 3.44. The zero-order valence-electron chi connectivity index (χ0n) is 9.59. The fourth-order valence-electron chi connectivity index (χ4n) is 1.60. The van der Waals surface area contributed by atoms with E-state index in [1.807, 2.05) is 17.5 Å². The van der Waals surface area contributed by atoms with Crippen LogP contribution in [0.25, 0.3) is 0 Å². The van der Waals surface area contributed by atoms with E-state index in [4.69, 9.17) is 5.73 Å². The van der Waals surface area contributed by atoms with E-state index in [2.05, 4.69) is 0 Å². The lowest BCUT2D eigenvalue weighted by Gasteiger charge is -2.16. The molecule has 3 nitrogen and oxygen atoms in total. The molecule has 0 fully saturated rings. The quantitative estimate of drug-likeness (QED) is 0.846. The van der Waals surface area contributed by atoms with Crippen LogP contribution in [0.4, 0.5) is 5.69 Å². The fourth-order valence-corrected chi connectivity index (χ4v) is 2.36. The highest BCUT2D eigenvalue weighted by molar-refractivity contribution is 7.09. The maximum absolute atomic E-state index is 12.1. The van der Waals surface area contributed by atoms with E-state index in [9.17, 15) is 4.79 Å². The first-order valence-corrected chi connectivity index (χ1v) is 6.18. The molecule has 0 bridgehead atoms. The minimum Gasteiger partial charge on any atom is -0.399 e. The van der Waals surface area contributed by atoms with Crippen molar-refractivity contribution in [3.05, 3.63) is 52.2 Å². The van der Waals surface area contributed by atoms with Crippen LogP contribution in [0.5, 0.6) is 0 Å². The molecule has 0 aliphatic rings. The normalized spacial score (nSPS) is 10.2. The highest BCUT2D eigenvalue weighted by Crippen LogP contribution is 2.14. The maximum Gasteiger partial charge on any atom is 0.253 e. The number of nitrogens with zero attached hydrogens (tertiary/aromatic N) is 1. The number of thiophene rings is 1. The molecule has 1 aromatic carbocycles. The van der Waals surface area contributed by atoms with Crippen molar-refractivity contribution in [2.45, 2.75) is 6.54 Å². The lowest BCUT2D eigenvalue weighted by molar-refractivity contribution is 0.0786. The molecule has 0 unspecified atom stereocenters. The minimum atomic E-state index is -0.00861. The van der Waals surface area contributed by atoms with Crippen molar-refractivity contribution in [3.8, 4) is 0 Å². The average Bonchev–Trinajstić information content (AvgIpc) is 2.80. The largest absolute Gasteiger partial charge is 0.399 e. The van der Waals surface area contributed by atoms with Gasteiger partial charge in [-0.05, 0) is 29.6 Å². The van der Waals surface area contributed by atoms with Crippen molar-refractivity contribution in [2.24, 2.45) is 0 Å². The van der Waals surface area contributed by atoms with E-state index in [0.29, 0.717) is 17.8 Å². The zero-order valence-corrected chi connectivity index (χ0v) is 10.4. The van der Waals surface area contributed by atoms with Crippen LogP contribution in [0.2, 0.25) is 0 Å². The van der Waals surface area contributed by atoms with E-state index in [0.717, 1.165) is 0 Å². The van der Waals surface area contributed by atoms with Gasteiger partial charge in [-0.15, -0.1) is 11.3 Å². The van der Waals surface area contributed by atoms with Gasteiger partial charge in [0.1, 0.15) is 0 Å². The monoisotopic (exact) mass is 246 g/mol. The molecule has 2 aromatic rings. The predicted octanol–water partition coefficient (Wildman–Crippen LogP) is 2.60. The van der Waals surface area contributed by atoms with Gasteiger partial charge in [-0.25, -0.2) is 0 Å². The Morgan fingerprint density at radius 2 is 2.18 bits per heavy atom. The SMILES string of the molecule is CN(Cc1cccs1)C(=O)c1cccc(N)c1. The van der Waals surface area contributed by atoms with E-state index in [-0.39, 0.29) is 5.91 Å². The molecule has 0 saturated carbocycles. The summed E-state index contributed by atoms with van der Waals surface area (Å²) in [5.41, 5.74) is 6.90. The highest BCUT2D eigenvalue weighted by Gasteiger charge is 2.12. The van der Waals surface area contributed by atoms with Crippen molar-refractivity contribution in [1.29, 1.82) is 0 Å². The Bertz CT molecular complexity index is 508. The average molecular weight is 246 g/mol. The molecule has 0 atom stereocenters. The van der Waals surface area contributed by atoms with Gasteiger partial charge in [0.05, 0.1) is 6.54 Å². The second-order valence-corrected chi connectivity index (χ2v) is 4.90. The molecule has 17 heavy (non-hydrogen) atoms. The summed E-state index contributed by atoms with van der Waals surface area (Å²) < 4.78 is 0. The topological polar surface area (TPSA) is 46.3 Å². The minimum absolute atomic E-state index is 0.00861. The summed E-state index contributed by atoms with van der Waals surface area (Å²) in [6, 6.07) is 11.1. The molecule has 0 aliphatic carbocycles. The third-order valence-electron chi connectivity index (χ3n) is 2.45. The molecule has 2 N–H and O–H groups in total. The van der Waals surface area contributed by atoms with E-state index in [1.54, 1.807) is 47.5 Å². The number of nitrogen functional groups attached to an aromatic ring is 1. The number of carbonyl (C=O) groups excluding carboxylic acids is 1. The number of hydrogen-bond acceptors (Lipinski definition) is 3. The highest BCUT2D eigenvalue weighted by atomic mass is 32.1. The lowest BCUT2D eigenvalue weighted by Crippen LogP contribution is -2.25. The number of rotatable bonds is 3. The summed E-state index contributed by atoms with van der Waals surface area (Å²) >= 11 is 1.65. The molecule has 2 rings (SSSR count). The molecule has 4 heteroatoms. The molecule has 1 amide bonds. The van der Waals surface area contributed by atoms with Crippen molar-refractivity contribution in [3.63, 3.8) is 0 Å². The van der Waals surface area contributed by atoms with Crippen LogP contribution in [-0.2, 0) is 6.54 Å². The Hall–Kier alpha value is -1.81. The van der Waals surface area contributed by atoms with Crippen molar-refractivity contribution >= 4 is 22.9 Å². The molecule has 0 spiro atoms. The molecule has 0 radical (unpaired) electrons. The maximum atomic E-state index is 12.1. The number of amides is 1. The van der Waals surface area contributed by atoms with Gasteiger partial charge in [0, 0.05) is 23.2 Å². The fraction of sp³-hybridized carbons (Fsp3) is 0.154. The second kappa shape index (κ2) is 5.01. The molecular formula is C13H14N2OS. The molecule has 0 saturated heterocycles. The smallest absolute Gasteiger partial charge is 0.253 e. The van der Waals surface area contributed by atoms with Gasteiger partial charge >= 0.3 is 0 Å². The van der Waals surface area contributed by atoms with Crippen LogP contribution in [0, 0.1) is 0 Å². The van der Waals surface area contributed by atoms with Gasteiger partial charge < -0.3 is 10.6 Å². The van der Waals surface area contributed by atoms with Crippen LogP contribution in [-0.4, -0.2) is 17.9 Å². The Morgan fingerprint density at radius 3 is 2.82 bits per heavy atom. The second-order valence-electron chi connectivity index (χ2n) is 3.87. The van der Waals surface area contributed by atoms with Gasteiger partial charge in [0.2, 0.25) is 0 Å². The van der Waals surface area contributed by atoms with Crippen LogP contribution in [0.3, 0.4) is 0 Å². The number of nitrogens with two attached hydrogens (primary N) is 1. The molecule has 88 valence electrons.